The van der Waals surface area contributed by atoms with Crippen molar-refractivity contribution < 1.29 is 40.7 Å². The van der Waals surface area contributed by atoms with Crippen LogP contribution in [0.5, 0.6) is 5.75 Å². The fourth-order valence-electron chi connectivity index (χ4n) is 5.40. The number of ether oxygens (including phenoxy) is 1. The fourth-order valence-corrected chi connectivity index (χ4v) is 8.25. The molecule has 15 heteroatoms. The van der Waals surface area contributed by atoms with Crippen molar-refractivity contribution in [2.45, 2.75) is 54.5 Å². The molecule has 0 aliphatic heterocycles. The second-order valence-corrected chi connectivity index (χ2v) is 16.6. The number of nitrogens with zero attached hydrogens (tertiary/aromatic N) is 4. The summed E-state index contributed by atoms with van der Waals surface area (Å²) < 4.78 is 80.8. The second-order valence-electron chi connectivity index (χ2n) is 13.4. The number of methoxy groups -OCH3 is 1. The Morgan fingerprint density at radius 1 is 1.08 bits per heavy atom. The highest BCUT2D eigenvalue weighted by Gasteiger charge is 2.35. The molecule has 1 atom stereocenters. The Morgan fingerprint density at radius 3 is 2.26 bits per heavy atom. The lowest BCUT2D eigenvalue weighted by atomic mass is 9.81. The minimum Gasteiger partial charge on any atom is -0.495 e. The van der Waals surface area contributed by atoms with E-state index in [-0.39, 0.29) is 12.3 Å². The van der Waals surface area contributed by atoms with Gasteiger partial charge in [0.25, 0.3) is 0 Å². The number of carbonyl (C=O) groups is 1. The zero-order chi connectivity index (χ0) is 37.2. The maximum Gasteiger partial charge on any atom is 0.321 e. The first-order valence-electron chi connectivity index (χ1n) is 15.6. The number of hydrogen-bond donors (Lipinski definition) is 1. The van der Waals surface area contributed by atoms with Gasteiger partial charge in [0.15, 0.2) is 5.16 Å². The van der Waals surface area contributed by atoms with Gasteiger partial charge < -0.3 is 14.3 Å². The molecule has 270 valence electrons. The molecule has 0 saturated heterocycles. The Morgan fingerprint density at radius 2 is 1.70 bits per heavy atom. The Balaban J connectivity index is 1.70. The van der Waals surface area contributed by atoms with Gasteiger partial charge in [-0.2, -0.15) is 4.31 Å². The molecule has 1 heterocycles. The molecule has 4 aromatic rings. The summed E-state index contributed by atoms with van der Waals surface area (Å²) in [6.45, 7) is 5.51. The molecule has 0 spiro atoms. The Hall–Kier alpha value is -3.56. The molecular formula is C35H41ClF3N4O5S2+. The number of aliphatic carboxylic acids is 1. The Bertz CT molecular complexity index is 1940. The van der Waals surface area contributed by atoms with Crippen molar-refractivity contribution in [2.24, 2.45) is 0 Å². The van der Waals surface area contributed by atoms with E-state index in [0.29, 0.717) is 56.9 Å². The van der Waals surface area contributed by atoms with Gasteiger partial charge in [0.2, 0.25) is 10.0 Å². The van der Waals surface area contributed by atoms with Crippen LogP contribution in [0.4, 0.5) is 13.2 Å². The van der Waals surface area contributed by atoms with Crippen LogP contribution in [0, 0.1) is 17.5 Å². The van der Waals surface area contributed by atoms with Gasteiger partial charge in [-0.05, 0) is 61.0 Å². The van der Waals surface area contributed by atoms with Gasteiger partial charge in [0.05, 0.1) is 56.6 Å². The van der Waals surface area contributed by atoms with Gasteiger partial charge in [0.1, 0.15) is 29.2 Å². The molecule has 0 fully saturated rings. The Kier molecular flexibility index (Phi) is 12.0. The highest BCUT2D eigenvalue weighted by atomic mass is 35.5. The number of carboxylic acid groups (broad SMARTS) is 1. The summed E-state index contributed by atoms with van der Waals surface area (Å²) in [6.07, 6.45) is 1.96. The number of imidazole rings is 1. The standard InChI is InChI=1S/C35H40ClF3N4O5S2/c1-22(33(44)45)41(15-8-16-43(4,5)6)50(46,47)26-18-29(38)27(30(39)19-26)21-49-34-40-20-32(42(34)25-12-10-24(37)11-13-25)35(2,3)23-9-14-28(36)31(17-23)48-7/h9-14,17-20,22H,8,15-16,21H2,1-7H3/p+1/t22-/m0/s1. The Labute approximate surface area is 300 Å². The molecular weight excluding hydrogens is 713 g/mol. The van der Waals surface area contributed by atoms with E-state index >= 15 is 8.78 Å². The van der Waals surface area contributed by atoms with E-state index in [1.165, 1.54) is 26.2 Å². The highest BCUT2D eigenvalue weighted by molar-refractivity contribution is 7.98. The number of benzene rings is 3. The fraction of sp³-hybridized carbons (Fsp3) is 0.371. The highest BCUT2D eigenvalue weighted by Crippen LogP contribution is 2.39. The lowest BCUT2D eigenvalue weighted by molar-refractivity contribution is -0.870. The quantitative estimate of drug-likeness (QED) is 0.102. The number of quaternary nitrogens is 1. The molecule has 0 aliphatic carbocycles. The summed E-state index contributed by atoms with van der Waals surface area (Å²) in [6, 6.07) is 11.0. The molecule has 1 aromatic heterocycles. The van der Waals surface area contributed by atoms with Crippen molar-refractivity contribution in [3.63, 3.8) is 0 Å². The normalized spacial score (nSPS) is 13.1. The third-order valence-electron chi connectivity index (χ3n) is 8.39. The first-order valence-corrected chi connectivity index (χ1v) is 18.4. The molecule has 1 N–H and O–H groups in total. The molecule has 0 bridgehead atoms. The van der Waals surface area contributed by atoms with E-state index in [9.17, 15) is 22.7 Å². The van der Waals surface area contributed by atoms with Crippen molar-refractivity contribution in [1.29, 1.82) is 0 Å². The van der Waals surface area contributed by atoms with E-state index < -0.39 is 55.4 Å². The van der Waals surface area contributed by atoms with Gasteiger partial charge in [-0.3, -0.25) is 9.36 Å². The number of halogens is 4. The summed E-state index contributed by atoms with van der Waals surface area (Å²) in [5.74, 6) is -3.86. The van der Waals surface area contributed by atoms with Gasteiger partial charge in [-0.1, -0.05) is 43.3 Å². The van der Waals surface area contributed by atoms with Crippen molar-refractivity contribution in [2.75, 3.05) is 41.3 Å². The third-order valence-corrected chi connectivity index (χ3v) is 11.6. The van der Waals surface area contributed by atoms with Crippen LogP contribution in [-0.4, -0.2) is 85.2 Å². The van der Waals surface area contributed by atoms with Crippen LogP contribution >= 0.6 is 23.4 Å². The van der Waals surface area contributed by atoms with E-state index in [0.717, 1.165) is 21.6 Å². The molecule has 0 radical (unpaired) electrons. The number of hydrogen-bond acceptors (Lipinski definition) is 6. The van der Waals surface area contributed by atoms with Gasteiger partial charge in [-0.25, -0.2) is 26.6 Å². The van der Waals surface area contributed by atoms with Gasteiger partial charge in [0, 0.05) is 35.4 Å². The van der Waals surface area contributed by atoms with E-state index in [2.05, 4.69) is 4.98 Å². The summed E-state index contributed by atoms with van der Waals surface area (Å²) in [5.41, 5.74) is 0.951. The molecule has 3 aromatic carbocycles. The maximum atomic E-state index is 15.6. The number of carboxylic acids is 1. The maximum absolute atomic E-state index is 15.6. The van der Waals surface area contributed by atoms with Gasteiger partial charge >= 0.3 is 5.97 Å². The van der Waals surface area contributed by atoms with Crippen LogP contribution in [0.3, 0.4) is 0 Å². The topological polar surface area (TPSA) is 102 Å². The van der Waals surface area contributed by atoms with Crippen LogP contribution < -0.4 is 4.74 Å². The van der Waals surface area contributed by atoms with Crippen molar-refractivity contribution in [3.05, 3.63) is 100 Å². The largest absolute Gasteiger partial charge is 0.495 e. The van der Waals surface area contributed by atoms with Crippen molar-refractivity contribution in [1.82, 2.24) is 13.9 Å². The summed E-state index contributed by atoms with van der Waals surface area (Å²) in [5, 5.41) is 10.4. The number of aromatic nitrogens is 2. The van der Waals surface area contributed by atoms with Crippen molar-refractivity contribution >= 4 is 39.4 Å². The third kappa shape index (κ3) is 8.65. The summed E-state index contributed by atoms with van der Waals surface area (Å²) in [4.78, 5) is 15.7. The molecule has 0 saturated carbocycles. The van der Waals surface area contributed by atoms with Crippen LogP contribution in [0.1, 0.15) is 44.0 Å². The van der Waals surface area contributed by atoms with E-state index in [1.807, 2.05) is 41.1 Å². The van der Waals surface area contributed by atoms with Crippen LogP contribution in [0.15, 0.2) is 70.8 Å². The SMILES string of the molecule is COc1cc(C(C)(C)c2cnc(SCc3c(F)cc(S(=O)(=O)N(CCC[N+](C)(C)C)[C@@H](C)C(=O)O)cc3F)n2-c2ccc(F)cc2)ccc1Cl. The predicted molar refractivity (Wildman–Crippen MR) is 188 cm³/mol. The second kappa shape index (κ2) is 15.4. The monoisotopic (exact) mass is 753 g/mol. The molecule has 4 rings (SSSR count). The van der Waals surface area contributed by atoms with Crippen LogP contribution in [0.25, 0.3) is 5.69 Å². The molecule has 0 aliphatic rings. The molecule has 0 unspecified atom stereocenters. The van der Waals surface area contributed by atoms with Crippen molar-refractivity contribution in [3.8, 4) is 11.4 Å². The first kappa shape index (κ1) is 39.2. The average molecular weight is 754 g/mol. The number of rotatable bonds is 15. The lowest BCUT2D eigenvalue weighted by Gasteiger charge is -2.28. The number of sulfonamides is 1. The summed E-state index contributed by atoms with van der Waals surface area (Å²) in [7, 11) is 2.64. The first-order chi connectivity index (χ1) is 23.3. The zero-order valence-electron chi connectivity index (χ0n) is 28.9. The van der Waals surface area contributed by atoms with Crippen LogP contribution in [0.2, 0.25) is 5.02 Å². The predicted octanol–water partition coefficient (Wildman–Crippen LogP) is 7.13. The van der Waals surface area contributed by atoms with Crippen LogP contribution in [-0.2, 0) is 26.0 Å². The van der Waals surface area contributed by atoms with E-state index in [4.69, 9.17) is 16.3 Å². The summed E-state index contributed by atoms with van der Waals surface area (Å²) >= 11 is 7.28. The minimum atomic E-state index is -4.59. The molecule has 0 amide bonds. The minimum absolute atomic E-state index is 0.153. The lowest BCUT2D eigenvalue weighted by Crippen LogP contribution is -2.45. The molecule has 50 heavy (non-hydrogen) atoms. The molecule has 9 nitrogen and oxygen atoms in total. The van der Waals surface area contributed by atoms with E-state index in [1.54, 1.807) is 35.0 Å². The van der Waals surface area contributed by atoms with Gasteiger partial charge in [-0.15, -0.1) is 0 Å². The zero-order valence-corrected chi connectivity index (χ0v) is 31.3. The average Bonchev–Trinajstić information content (AvgIpc) is 3.47. The smallest absolute Gasteiger partial charge is 0.321 e. The number of thioether (sulfide) groups is 1.